The molecule has 0 bridgehead atoms. The Morgan fingerprint density at radius 2 is 1.76 bits per heavy atom. The molecule has 2 aromatic carbocycles. The first-order valence-corrected chi connectivity index (χ1v) is 12.1. The van der Waals surface area contributed by atoms with Gasteiger partial charge in [0.1, 0.15) is 12.0 Å². The van der Waals surface area contributed by atoms with Crippen LogP contribution in [0.1, 0.15) is 12.8 Å². The van der Waals surface area contributed by atoms with Crippen molar-refractivity contribution in [3.63, 3.8) is 0 Å². The van der Waals surface area contributed by atoms with E-state index in [-0.39, 0.29) is 13.0 Å². The molecule has 0 spiro atoms. The molecule has 0 fully saturated rings. The third-order valence-corrected chi connectivity index (χ3v) is 6.18. The number of ether oxygens (including phenoxy) is 1. The number of thiocarbonyl (C=S) groups is 1. The fourth-order valence-electron chi connectivity index (χ4n) is 3.82. The van der Waals surface area contributed by atoms with E-state index in [2.05, 4.69) is 10.3 Å². The van der Waals surface area contributed by atoms with Crippen LogP contribution in [0.4, 0.5) is 5.69 Å². The first-order chi connectivity index (χ1) is 18.0. The maximum absolute atomic E-state index is 10.8. The lowest BCUT2D eigenvalue weighted by Gasteiger charge is -2.22. The van der Waals surface area contributed by atoms with Crippen molar-refractivity contribution < 1.29 is 19.4 Å². The highest BCUT2D eigenvalue weighted by Gasteiger charge is 2.14. The monoisotopic (exact) mass is 514 g/mol. The minimum atomic E-state index is -0.823. The van der Waals surface area contributed by atoms with E-state index in [0.717, 1.165) is 45.3 Å². The number of benzene rings is 2. The number of hydrogen-bond donors (Lipinski definition) is 2. The van der Waals surface area contributed by atoms with Gasteiger partial charge in [-0.1, -0.05) is 36.4 Å². The van der Waals surface area contributed by atoms with Crippen molar-refractivity contribution in [3.05, 3.63) is 73.1 Å². The van der Waals surface area contributed by atoms with E-state index in [9.17, 15) is 9.59 Å². The van der Waals surface area contributed by atoms with E-state index in [1.165, 1.54) is 0 Å². The Bertz CT molecular complexity index is 1410. The Labute approximate surface area is 219 Å². The number of anilines is 1. The summed E-state index contributed by atoms with van der Waals surface area (Å²) in [5, 5.41) is 12.9. The highest BCUT2D eigenvalue weighted by atomic mass is 32.1. The summed E-state index contributed by atoms with van der Waals surface area (Å²) in [6.45, 7) is 0.501. The molecule has 37 heavy (non-hydrogen) atoms. The zero-order chi connectivity index (χ0) is 26.2. The summed E-state index contributed by atoms with van der Waals surface area (Å²) in [7, 11) is 1.84. The van der Waals surface area contributed by atoms with Crippen LogP contribution in [0.2, 0.25) is 0 Å². The van der Waals surface area contributed by atoms with Crippen LogP contribution in [-0.4, -0.2) is 52.6 Å². The van der Waals surface area contributed by atoms with Crippen molar-refractivity contribution in [3.8, 4) is 28.1 Å². The zero-order valence-electron chi connectivity index (χ0n) is 20.3. The third-order valence-electron chi connectivity index (χ3n) is 5.76. The van der Waals surface area contributed by atoms with Gasteiger partial charge in [0.15, 0.2) is 5.11 Å². The molecular weight excluding hydrogens is 488 g/mol. The lowest BCUT2D eigenvalue weighted by Crippen LogP contribution is -2.38. The summed E-state index contributed by atoms with van der Waals surface area (Å²) in [6.07, 6.45) is 4.78. The third kappa shape index (κ3) is 6.45. The van der Waals surface area contributed by atoms with Crippen molar-refractivity contribution >= 4 is 46.2 Å². The number of carbonyl (C=O) groups is 2. The number of nitrogens with one attached hydrogen (secondary N) is 1. The van der Waals surface area contributed by atoms with Gasteiger partial charge in [-0.25, -0.2) is 4.98 Å². The minimum Gasteiger partial charge on any atom is -0.494 e. The lowest BCUT2D eigenvalue weighted by molar-refractivity contribution is -0.137. The fraction of sp³-hybridized carbons (Fsp3) is 0.179. The molecule has 9 heteroatoms. The molecule has 4 rings (SSSR count). The maximum Gasteiger partial charge on any atom is 0.303 e. The second kappa shape index (κ2) is 12.0. The summed E-state index contributed by atoms with van der Waals surface area (Å²) in [5.41, 5.74) is 5.43. The van der Waals surface area contributed by atoms with Gasteiger partial charge in [0.05, 0.1) is 30.0 Å². The number of carbonyl (C=O) groups excluding carboxylic acids is 1. The van der Waals surface area contributed by atoms with Crippen LogP contribution in [0.15, 0.2) is 73.1 Å². The Kier molecular flexibility index (Phi) is 8.37. The van der Waals surface area contributed by atoms with Gasteiger partial charge < -0.3 is 24.9 Å². The molecule has 0 saturated carbocycles. The van der Waals surface area contributed by atoms with Gasteiger partial charge in [-0.05, 0) is 54.0 Å². The van der Waals surface area contributed by atoms with Crippen molar-refractivity contribution in [1.29, 1.82) is 0 Å². The number of aromatic nitrogens is 2. The van der Waals surface area contributed by atoms with Crippen LogP contribution in [0.25, 0.3) is 33.3 Å². The molecule has 0 aliphatic carbocycles. The minimum absolute atomic E-state index is 0.0922. The normalized spacial score (nSPS) is 10.6. The number of carboxylic acids is 1. The van der Waals surface area contributed by atoms with Gasteiger partial charge >= 0.3 is 5.97 Å². The molecule has 0 aliphatic rings. The highest BCUT2D eigenvalue weighted by Crippen LogP contribution is 2.31. The number of pyridine rings is 2. The molecule has 0 radical (unpaired) electrons. The van der Waals surface area contributed by atoms with E-state index >= 15 is 0 Å². The second-order valence-electron chi connectivity index (χ2n) is 8.28. The molecule has 2 aromatic heterocycles. The summed E-state index contributed by atoms with van der Waals surface area (Å²) >= 11 is 5.45. The smallest absolute Gasteiger partial charge is 0.303 e. The van der Waals surface area contributed by atoms with Gasteiger partial charge in [-0.3, -0.25) is 9.78 Å². The quantitative estimate of drug-likeness (QED) is 0.177. The topological polar surface area (TPSA) is 105 Å². The van der Waals surface area contributed by atoms with Crippen molar-refractivity contribution in [2.75, 3.05) is 25.1 Å². The van der Waals surface area contributed by atoms with Gasteiger partial charge in [0.2, 0.25) is 0 Å². The van der Waals surface area contributed by atoms with Crippen LogP contribution in [0.5, 0.6) is 5.75 Å². The molecule has 4 aromatic rings. The van der Waals surface area contributed by atoms with Gasteiger partial charge in [0.25, 0.3) is 0 Å². The number of hydrogen-bond acceptors (Lipinski definition) is 6. The number of rotatable bonds is 10. The molecule has 188 valence electrons. The average molecular weight is 515 g/mol. The molecule has 2 heterocycles. The van der Waals surface area contributed by atoms with Gasteiger partial charge in [0, 0.05) is 36.8 Å². The SMILES string of the molecule is CN(C(=S)NCC=O)c1cc(-c2ccc(-c3ccc(OCCCC(=O)O)cc3)cc2)nc2ccncc12. The predicted molar refractivity (Wildman–Crippen MR) is 148 cm³/mol. The summed E-state index contributed by atoms with van der Waals surface area (Å²) in [6, 6.07) is 19.7. The Morgan fingerprint density at radius 1 is 1.08 bits per heavy atom. The van der Waals surface area contributed by atoms with E-state index < -0.39 is 5.97 Å². The van der Waals surface area contributed by atoms with Crippen LogP contribution < -0.4 is 15.0 Å². The summed E-state index contributed by atoms with van der Waals surface area (Å²) in [5.74, 6) is -0.116. The molecule has 0 amide bonds. The Hall–Kier alpha value is -4.37. The van der Waals surface area contributed by atoms with Crippen LogP contribution in [0, 0.1) is 0 Å². The predicted octanol–water partition coefficient (Wildman–Crippen LogP) is 4.72. The fourth-order valence-corrected chi connectivity index (χ4v) is 4.01. The molecule has 0 unspecified atom stereocenters. The molecule has 8 nitrogen and oxygen atoms in total. The molecule has 2 N–H and O–H groups in total. The first-order valence-electron chi connectivity index (χ1n) is 11.7. The van der Waals surface area contributed by atoms with Crippen LogP contribution in [0.3, 0.4) is 0 Å². The molecule has 0 aliphatic heterocycles. The van der Waals surface area contributed by atoms with E-state index in [0.29, 0.717) is 23.9 Å². The maximum atomic E-state index is 10.8. The second-order valence-corrected chi connectivity index (χ2v) is 8.67. The lowest BCUT2D eigenvalue weighted by atomic mass is 10.0. The van der Waals surface area contributed by atoms with Crippen molar-refractivity contribution in [2.24, 2.45) is 0 Å². The van der Waals surface area contributed by atoms with Crippen LogP contribution in [-0.2, 0) is 9.59 Å². The summed E-state index contributed by atoms with van der Waals surface area (Å²) in [4.78, 5) is 32.2. The number of fused-ring (bicyclic) bond motifs is 1. The Balaban J connectivity index is 1.55. The van der Waals surface area contributed by atoms with E-state index in [1.807, 2.05) is 72.6 Å². The number of aliphatic carboxylic acids is 1. The molecular formula is C28H26N4O4S. The standard InChI is InChI=1S/C28H26N4O4S/c1-32(28(37)30-14-15-33)26-17-25(31-24-12-13-29-18-23(24)26)21-6-4-19(5-7-21)20-8-10-22(11-9-20)36-16-2-3-27(34)35/h4-13,15,17-18H,2-3,14,16H2,1H3,(H,30,37)(H,34,35). The van der Waals surface area contributed by atoms with E-state index in [1.54, 1.807) is 12.4 Å². The van der Waals surface area contributed by atoms with Gasteiger partial charge in [-0.15, -0.1) is 0 Å². The highest BCUT2D eigenvalue weighted by molar-refractivity contribution is 7.80. The van der Waals surface area contributed by atoms with Gasteiger partial charge in [-0.2, -0.15) is 0 Å². The van der Waals surface area contributed by atoms with Crippen LogP contribution >= 0.6 is 12.2 Å². The van der Waals surface area contributed by atoms with Crippen molar-refractivity contribution in [2.45, 2.75) is 12.8 Å². The average Bonchev–Trinajstić information content (AvgIpc) is 2.93. The number of aldehydes is 1. The zero-order valence-corrected chi connectivity index (χ0v) is 21.1. The molecule has 0 saturated heterocycles. The number of carboxylic acid groups (broad SMARTS) is 1. The van der Waals surface area contributed by atoms with E-state index in [4.69, 9.17) is 27.0 Å². The number of nitrogens with zero attached hydrogens (tertiary/aromatic N) is 3. The Morgan fingerprint density at radius 3 is 2.43 bits per heavy atom. The summed E-state index contributed by atoms with van der Waals surface area (Å²) < 4.78 is 5.62. The van der Waals surface area contributed by atoms with Crippen molar-refractivity contribution in [1.82, 2.24) is 15.3 Å². The first kappa shape index (κ1) is 25.7. The molecule has 0 atom stereocenters. The largest absolute Gasteiger partial charge is 0.494 e.